The lowest BCUT2D eigenvalue weighted by atomic mass is 10.0. The predicted molar refractivity (Wildman–Crippen MR) is 110 cm³/mol. The van der Waals surface area contributed by atoms with Crippen LogP contribution in [0.2, 0.25) is 0 Å². The second-order valence-electron chi connectivity index (χ2n) is 6.73. The lowest BCUT2D eigenvalue weighted by Gasteiger charge is -2.11. The molecule has 5 nitrogen and oxygen atoms in total. The minimum Gasteiger partial charge on any atom is -0.455 e. The molecule has 2 heterocycles. The molecule has 2 aromatic heterocycles. The molecule has 0 saturated heterocycles. The average Bonchev–Trinajstić information content (AvgIpc) is 2.69. The molecule has 0 fully saturated rings. The molecule has 5 heteroatoms. The Balaban J connectivity index is 1.88. The van der Waals surface area contributed by atoms with Crippen molar-refractivity contribution in [2.45, 2.75) is 40.2 Å². The second-order valence-corrected chi connectivity index (χ2v) is 6.73. The monoisotopic (exact) mass is 373 g/mol. The maximum Gasteiger partial charge on any atom is 0.269 e. The van der Waals surface area contributed by atoms with E-state index >= 15 is 0 Å². The molecule has 0 aliphatic heterocycles. The van der Waals surface area contributed by atoms with Crippen LogP contribution < -0.4 is 10.3 Å². The van der Waals surface area contributed by atoms with Crippen molar-refractivity contribution in [1.29, 1.82) is 5.26 Å². The largest absolute Gasteiger partial charge is 0.455 e. The zero-order valence-corrected chi connectivity index (χ0v) is 16.4. The zero-order valence-electron chi connectivity index (χ0n) is 16.4. The summed E-state index contributed by atoms with van der Waals surface area (Å²) in [5, 5.41) is 9.52. The minimum absolute atomic E-state index is 0.172. The van der Waals surface area contributed by atoms with Crippen molar-refractivity contribution in [3.8, 4) is 28.7 Å². The van der Waals surface area contributed by atoms with E-state index in [2.05, 4.69) is 18.0 Å². The van der Waals surface area contributed by atoms with Crippen molar-refractivity contribution in [3.05, 3.63) is 76.0 Å². The lowest BCUT2D eigenvalue weighted by molar-refractivity contribution is 0.475. The van der Waals surface area contributed by atoms with Gasteiger partial charge in [-0.2, -0.15) is 5.26 Å². The molecule has 3 aromatic rings. The van der Waals surface area contributed by atoms with Gasteiger partial charge in [-0.1, -0.05) is 25.5 Å². The molecule has 28 heavy (non-hydrogen) atoms. The number of benzene rings is 1. The quantitative estimate of drug-likeness (QED) is 0.610. The highest BCUT2D eigenvalue weighted by molar-refractivity contribution is 5.70. The standard InChI is InChI=1S/C23H23N3O2/c1-4-5-13-26-14-12-20(21(15-24)23(26)27)18-7-9-19(10-8-18)28-22-11-6-16(2)25-17(22)3/h6-12,14H,4-5,13H2,1-3H3. The van der Waals surface area contributed by atoms with Crippen molar-refractivity contribution in [2.24, 2.45) is 0 Å². The van der Waals surface area contributed by atoms with Crippen molar-refractivity contribution >= 4 is 0 Å². The van der Waals surface area contributed by atoms with Gasteiger partial charge in [0.15, 0.2) is 0 Å². The van der Waals surface area contributed by atoms with E-state index in [1.54, 1.807) is 10.8 Å². The Morgan fingerprint density at radius 3 is 2.50 bits per heavy atom. The highest BCUT2D eigenvalue weighted by Crippen LogP contribution is 2.28. The molecule has 0 unspecified atom stereocenters. The van der Waals surface area contributed by atoms with Crippen LogP contribution in [0.5, 0.6) is 11.5 Å². The first-order valence-electron chi connectivity index (χ1n) is 9.39. The Morgan fingerprint density at radius 1 is 1.11 bits per heavy atom. The van der Waals surface area contributed by atoms with Crippen molar-refractivity contribution in [2.75, 3.05) is 0 Å². The van der Waals surface area contributed by atoms with Crippen LogP contribution in [0.1, 0.15) is 36.7 Å². The van der Waals surface area contributed by atoms with E-state index in [1.165, 1.54) is 0 Å². The molecule has 0 spiro atoms. The number of aryl methyl sites for hydroxylation is 3. The molecule has 0 radical (unpaired) electrons. The van der Waals surface area contributed by atoms with Crippen LogP contribution in [0.25, 0.3) is 11.1 Å². The molecule has 0 aliphatic carbocycles. The molecule has 0 aliphatic rings. The van der Waals surface area contributed by atoms with E-state index in [9.17, 15) is 10.1 Å². The predicted octanol–water partition coefficient (Wildman–Crippen LogP) is 4.99. The molecular weight excluding hydrogens is 350 g/mol. The number of unbranched alkanes of at least 4 members (excludes halogenated alkanes) is 1. The highest BCUT2D eigenvalue weighted by atomic mass is 16.5. The molecule has 0 atom stereocenters. The number of rotatable bonds is 6. The Morgan fingerprint density at radius 2 is 1.86 bits per heavy atom. The third-order valence-electron chi connectivity index (χ3n) is 4.60. The molecule has 0 saturated carbocycles. The molecule has 0 N–H and O–H groups in total. The summed E-state index contributed by atoms with van der Waals surface area (Å²) in [5.41, 5.74) is 3.15. The third-order valence-corrected chi connectivity index (χ3v) is 4.60. The number of aromatic nitrogens is 2. The summed E-state index contributed by atoms with van der Waals surface area (Å²) in [7, 11) is 0. The second kappa shape index (κ2) is 8.53. The first-order chi connectivity index (χ1) is 13.5. The molecule has 142 valence electrons. The van der Waals surface area contributed by atoms with Gasteiger partial charge in [0.1, 0.15) is 23.1 Å². The van der Waals surface area contributed by atoms with Crippen LogP contribution in [-0.2, 0) is 6.54 Å². The van der Waals surface area contributed by atoms with Gasteiger partial charge >= 0.3 is 0 Å². The molecule has 0 bridgehead atoms. The van der Waals surface area contributed by atoms with Crippen molar-refractivity contribution in [1.82, 2.24) is 9.55 Å². The summed E-state index contributed by atoms with van der Waals surface area (Å²) in [6.45, 7) is 6.54. The van der Waals surface area contributed by atoms with Crippen LogP contribution in [-0.4, -0.2) is 9.55 Å². The Bertz CT molecular complexity index is 1080. The third kappa shape index (κ3) is 4.12. The average molecular weight is 373 g/mol. The lowest BCUT2D eigenvalue weighted by Crippen LogP contribution is -2.22. The number of nitriles is 1. The zero-order chi connectivity index (χ0) is 20.1. The topological polar surface area (TPSA) is 67.9 Å². The SMILES string of the molecule is CCCCn1ccc(-c2ccc(Oc3ccc(C)nc3C)cc2)c(C#N)c1=O. The van der Waals surface area contributed by atoms with Gasteiger partial charge in [0.2, 0.25) is 0 Å². The summed E-state index contributed by atoms with van der Waals surface area (Å²) in [5.74, 6) is 1.38. The maximum absolute atomic E-state index is 12.6. The fraction of sp³-hybridized carbons (Fsp3) is 0.261. The Hall–Kier alpha value is -3.39. The van der Waals surface area contributed by atoms with Crippen molar-refractivity contribution in [3.63, 3.8) is 0 Å². The van der Waals surface area contributed by atoms with Gasteiger partial charge in [0, 0.05) is 24.0 Å². The molecule has 0 amide bonds. The van der Waals surface area contributed by atoms with E-state index in [1.807, 2.05) is 56.3 Å². The van der Waals surface area contributed by atoms with Gasteiger partial charge in [-0.25, -0.2) is 0 Å². The summed E-state index contributed by atoms with van der Waals surface area (Å²) < 4.78 is 7.51. The first kappa shape index (κ1) is 19.4. The summed E-state index contributed by atoms with van der Waals surface area (Å²) in [4.78, 5) is 17.0. The fourth-order valence-corrected chi connectivity index (χ4v) is 3.04. The first-order valence-corrected chi connectivity index (χ1v) is 9.39. The maximum atomic E-state index is 12.6. The van der Waals surface area contributed by atoms with Gasteiger partial charge in [0.05, 0.1) is 5.69 Å². The van der Waals surface area contributed by atoms with Crippen LogP contribution in [0, 0.1) is 25.2 Å². The van der Waals surface area contributed by atoms with E-state index in [4.69, 9.17) is 4.74 Å². The van der Waals surface area contributed by atoms with Crippen LogP contribution >= 0.6 is 0 Å². The fourth-order valence-electron chi connectivity index (χ4n) is 3.04. The van der Waals surface area contributed by atoms with Crippen LogP contribution in [0.3, 0.4) is 0 Å². The normalized spacial score (nSPS) is 10.5. The highest BCUT2D eigenvalue weighted by Gasteiger charge is 2.12. The summed E-state index contributed by atoms with van der Waals surface area (Å²) in [6.07, 6.45) is 3.66. The smallest absolute Gasteiger partial charge is 0.269 e. The molecular formula is C23H23N3O2. The Labute approximate surface area is 164 Å². The minimum atomic E-state index is -0.241. The van der Waals surface area contributed by atoms with E-state index < -0.39 is 0 Å². The van der Waals surface area contributed by atoms with Gasteiger partial charge in [-0.15, -0.1) is 0 Å². The van der Waals surface area contributed by atoms with E-state index in [-0.39, 0.29) is 11.1 Å². The van der Waals surface area contributed by atoms with Gasteiger partial charge < -0.3 is 9.30 Å². The summed E-state index contributed by atoms with van der Waals surface area (Å²) >= 11 is 0. The van der Waals surface area contributed by atoms with Crippen LogP contribution in [0.15, 0.2) is 53.5 Å². The van der Waals surface area contributed by atoms with E-state index in [0.29, 0.717) is 23.6 Å². The number of hydrogen-bond donors (Lipinski definition) is 0. The van der Waals surface area contributed by atoms with Gasteiger partial charge in [-0.05, 0) is 56.2 Å². The van der Waals surface area contributed by atoms with E-state index in [0.717, 1.165) is 29.8 Å². The summed E-state index contributed by atoms with van der Waals surface area (Å²) in [6, 6.07) is 15.1. The number of ether oxygens (including phenoxy) is 1. The number of pyridine rings is 2. The van der Waals surface area contributed by atoms with Crippen LogP contribution in [0.4, 0.5) is 0 Å². The molecule has 3 rings (SSSR count). The van der Waals surface area contributed by atoms with Gasteiger partial charge in [0.25, 0.3) is 5.56 Å². The molecule has 1 aromatic carbocycles. The van der Waals surface area contributed by atoms with Gasteiger partial charge in [-0.3, -0.25) is 9.78 Å². The van der Waals surface area contributed by atoms with Crippen molar-refractivity contribution < 1.29 is 4.74 Å². The number of nitrogens with zero attached hydrogens (tertiary/aromatic N) is 3. The Kier molecular flexibility index (Phi) is 5.90. The number of hydrogen-bond acceptors (Lipinski definition) is 4.